The van der Waals surface area contributed by atoms with Crippen molar-refractivity contribution in [3.05, 3.63) is 0 Å². The van der Waals surface area contributed by atoms with Crippen LogP contribution in [0.1, 0.15) is 58.8 Å². The van der Waals surface area contributed by atoms with Gasteiger partial charge in [-0.05, 0) is 31.9 Å². The van der Waals surface area contributed by atoms with E-state index in [1.54, 1.807) is 38.2 Å². The van der Waals surface area contributed by atoms with E-state index in [1.165, 1.54) is 23.5 Å². The van der Waals surface area contributed by atoms with Gasteiger partial charge in [-0.15, -0.1) is 11.8 Å². The maximum absolute atomic E-state index is 12.2. The summed E-state index contributed by atoms with van der Waals surface area (Å²) in [4.78, 5) is 37.7. The molecule has 1 aliphatic rings. The van der Waals surface area contributed by atoms with Crippen molar-refractivity contribution in [2.24, 2.45) is 0 Å². The van der Waals surface area contributed by atoms with Crippen LogP contribution in [0.4, 0.5) is 0 Å². The molecule has 0 aromatic rings. The minimum atomic E-state index is -0.670. The number of ketones is 1. The van der Waals surface area contributed by atoms with Crippen LogP contribution in [-0.2, 0) is 19.1 Å². The fourth-order valence-electron chi connectivity index (χ4n) is 2.80. The summed E-state index contributed by atoms with van der Waals surface area (Å²) < 4.78 is 5.95. The van der Waals surface area contributed by atoms with Gasteiger partial charge in [0.25, 0.3) is 0 Å². The van der Waals surface area contributed by atoms with Crippen LogP contribution < -0.4 is 0 Å². The average Bonchev–Trinajstić information content (AvgIpc) is 3.25. The number of ether oxygens (including phenoxy) is 1. The summed E-state index contributed by atoms with van der Waals surface area (Å²) >= 11 is 14.9. The molecule has 13 heteroatoms. The number of esters is 1. The number of carbonyl (C=O) groups excluding carboxylic acids is 3. The molecule has 0 N–H and O–H groups in total. The van der Waals surface area contributed by atoms with Crippen LogP contribution in [0.3, 0.4) is 0 Å². The Hall–Kier alpha value is 0.0300. The zero-order chi connectivity index (χ0) is 26.1. The number of nitrogens with zero attached hydrogens (tertiary/aromatic N) is 2. The first-order chi connectivity index (χ1) is 16.7. The molecule has 1 amide bonds. The van der Waals surface area contributed by atoms with E-state index in [1.807, 2.05) is 13.8 Å². The number of hydrogen-bond acceptors (Lipinski definition) is 12. The van der Waals surface area contributed by atoms with Crippen LogP contribution in [0.15, 0.2) is 0 Å². The Labute approximate surface area is 240 Å². The molecule has 0 radical (unpaired) electrons. The Bertz CT molecular complexity index is 790. The third-order valence-electron chi connectivity index (χ3n) is 4.75. The van der Waals surface area contributed by atoms with Gasteiger partial charge in [-0.25, -0.2) is 0 Å². The minimum Gasteiger partial charge on any atom is -0.465 e. The van der Waals surface area contributed by atoms with E-state index in [2.05, 4.69) is 6.07 Å². The second-order valence-corrected chi connectivity index (χ2v) is 16.0. The molecule has 1 saturated heterocycles. The summed E-state index contributed by atoms with van der Waals surface area (Å²) in [5, 5.41) is 9.47. The van der Waals surface area contributed by atoms with E-state index < -0.39 is 4.75 Å². The summed E-state index contributed by atoms with van der Waals surface area (Å²) in [5.74, 6) is 3.00. The Kier molecular flexibility index (Phi) is 18.1. The molecule has 0 aromatic heterocycles. The first-order valence-corrected chi connectivity index (χ1v) is 17.5. The topological polar surface area (TPSA) is 87.5 Å². The highest BCUT2D eigenvalue weighted by molar-refractivity contribution is 8.76. The van der Waals surface area contributed by atoms with Crippen LogP contribution in [0.25, 0.3) is 0 Å². The lowest BCUT2D eigenvalue weighted by Crippen LogP contribution is -2.30. The van der Waals surface area contributed by atoms with Gasteiger partial charge in [-0.2, -0.15) is 5.26 Å². The molecular formula is C22H32N2O4S7. The van der Waals surface area contributed by atoms with E-state index in [0.717, 1.165) is 15.0 Å². The number of rotatable bonds is 17. The molecule has 35 heavy (non-hydrogen) atoms. The van der Waals surface area contributed by atoms with Crippen molar-refractivity contribution in [3.8, 4) is 6.07 Å². The second kappa shape index (κ2) is 19.2. The highest BCUT2D eigenvalue weighted by atomic mass is 33.1. The number of carbonyl (C=O) groups is 3. The van der Waals surface area contributed by atoms with Crippen molar-refractivity contribution in [3.63, 3.8) is 0 Å². The zero-order valence-electron chi connectivity index (χ0n) is 20.1. The Morgan fingerprint density at radius 1 is 1.17 bits per heavy atom. The Balaban J connectivity index is 2.01. The smallest absolute Gasteiger partial charge is 0.305 e. The van der Waals surface area contributed by atoms with Crippen LogP contribution in [0, 0.1) is 11.3 Å². The summed E-state index contributed by atoms with van der Waals surface area (Å²) in [6.07, 6.45) is 3.29. The molecule has 0 saturated carbocycles. The van der Waals surface area contributed by atoms with Gasteiger partial charge in [0, 0.05) is 49.5 Å². The third kappa shape index (κ3) is 15.1. The van der Waals surface area contributed by atoms with Crippen molar-refractivity contribution in [1.82, 2.24) is 4.90 Å². The van der Waals surface area contributed by atoms with Crippen LogP contribution in [-0.4, -0.2) is 71.3 Å². The summed E-state index contributed by atoms with van der Waals surface area (Å²) in [5.41, 5.74) is 0. The van der Waals surface area contributed by atoms with E-state index in [0.29, 0.717) is 73.9 Å². The van der Waals surface area contributed by atoms with Crippen molar-refractivity contribution >= 4 is 107 Å². The maximum atomic E-state index is 12.2. The molecule has 0 aliphatic carbocycles. The fraction of sp³-hybridized carbons (Fsp3) is 0.727. The number of Topliss-reactive ketones (excluding diaryl/α,β-unsaturated/α-hetero) is 1. The minimum absolute atomic E-state index is 0.0356. The lowest BCUT2D eigenvalue weighted by atomic mass is 10.0. The van der Waals surface area contributed by atoms with E-state index >= 15 is 0 Å². The predicted molar refractivity (Wildman–Crippen MR) is 162 cm³/mol. The average molecular weight is 613 g/mol. The molecule has 0 aromatic carbocycles. The Morgan fingerprint density at radius 3 is 2.54 bits per heavy atom. The van der Waals surface area contributed by atoms with Gasteiger partial charge in [-0.3, -0.25) is 19.3 Å². The fourth-order valence-corrected chi connectivity index (χ4v) is 8.80. The van der Waals surface area contributed by atoms with Crippen LogP contribution in [0.5, 0.6) is 0 Å². The highest BCUT2D eigenvalue weighted by Crippen LogP contribution is 2.34. The first-order valence-electron chi connectivity index (χ1n) is 11.4. The summed E-state index contributed by atoms with van der Waals surface area (Å²) in [7, 11) is 3.15. The zero-order valence-corrected chi connectivity index (χ0v) is 25.8. The van der Waals surface area contributed by atoms with Crippen molar-refractivity contribution in [2.75, 3.05) is 36.2 Å². The van der Waals surface area contributed by atoms with Gasteiger partial charge in [0.15, 0.2) is 0 Å². The van der Waals surface area contributed by atoms with Crippen LogP contribution in [0.2, 0.25) is 0 Å². The lowest BCUT2D eigenvalue weighted by molar-refractivity contribution is -0.143. The van der Waals surface area contributed by atoms with Crippen molar-refractivity contribution in [2.45, 2.75) is 63.5 Å². The van der Waals surface area contributed by atoms with E-state index in [4.69, 9.17) is 29.2 Å². The molecule has 0 spiro atoms. The van der Waals surface area contributed by atoms with Gasteiger partial charge in [0.1, 0.15) is 25.0 Å². The quantitative estimate of drug-likeness (QED) is 0.0820. The van der Waals surface area contributed by atoms with Gasteiger partial charge in [0.2, 0.25) is 5.91 Å². The normalized spacial score (nSPS) is 14.9. The molecule has 1 atom stereocenters. The molecule has 1 heterocycles. The molecule has 1 rings (SSSR count). The molecule has 1 fully saturated rings. The Morgan fingerprint density at radius 2 is 1.89 bits per heavy atom. The standard InChI is InChI=1S/C22H32N2O4S7/c1-3-31-21(30)35-22(2,16-23)10-8-17(25)9-13-33-34-15-12-28-19(27)7-5-4-6-18(26)24-11-14-32-20(24)29/h3-15H2,1-2H3. The van der Waals surface area contributed by atoms with Crippen LogP contribution >= 0.6 is 81.3 Å². The lowest BCUT2D eigenvalue weighted by Gasteiger charge is -2.20. The van der Waals surface area contributed by atoms with Crippen molar-refractivity contribution < 1.29 is 19.1 Å². The molecule has 1 unspecified atom stereocenters. The number of nitriles is 1. The SMILES string of the molecule is CCSC(=S)SC(C)(C#N)CCC(=O)CCSSCCOC(=O)CCCCC(=O)N1CCSC1=S. The van der Waals surface area contributed by atoms with E-state index in [-0.39, 0.29) is 17.7 Å². The molecule has 6 nitrogen and oxygen atoms in total. The summed E-state index contributed by atoms with van der Waals surface area (Å²) in [6, 6.07) is 2.29. The predicted octanol–water partition coefficient (Wildman–Crippen LogP) is 6.12. The van der Waals surface area contributed by atoms with E-state index in [9.17, 15) is 19.6 Å². The highest BCUT2D eigenvalue weighted by Gasteiger charge is 2.27. The number of thiocarbonyl (C=S) groups is 2. The van der Waals surface area contributed by atoms with Gasteiger partial charge in [-0.1, -0.05) is 76.5 Å². The first kappa shape index (κ1) is 33.1. The third-order valence-corrected chi connectivity index (χ3v) is 11.2. The van der Waals surface area contributed by atoms with Gasteiger partial charge in [0.05, 0.1) is 6.07 Å². The second-order valence-electron chi connectivity index (χ2n) is 7.65. The van der Waals surface area contributed by atoms with Crippen molar-refractivity contribution in [1.29, 1.82) is 5.26 Å². The molecular weight excluding hydrogens is 581 g/mol. The van der Waals surface area contributed by atoms with Gasteiger partial charge >= 0.3 is 5.97 Å². The molecule has 1 aliphatic heterocycles. The molecule has 196 valence electrons. The molecule has 0 bridgehead atoms. The van der Waals surface area contributed by atoms with Gasteiger partial charge < -0.3 is 4.74 Å². The monoisotopic (exact) mass is 612 g/mol. The number of thioether (sulfide) groups is 3. The number of hydrogen-bond donors (Lipinski definition) is 0. The maximum Gasteiger partial charge on any atom is 0.305 e. The summed E-state index contributed by atoms with van der Waals surface area (Å²) in [6.45, 7) is 4.86. The largest absolute Gasteiger partial charge is 0.465 e. The number of amides is 1. The number of unbranched alkanes of at least 4 members (excludes halogenated alkanes) is 1.